The van der Waals surface area contributed by atoms with E-state index in [0.29, 0.717) is 0 Å². The monoisotopic (exact) mass is 1800 g/mol. The topological polar surface area (TPSA) is 658 Å². The molecule has 5 aliphatic rings. The predicted molar refractivity (Wildman–Crippen MR) is 429 cm³/mol. The van der Waals surface area contributed by atoms with Crippen LogP contribution >= 0.6 is 0 Å². The molecule has 8 amide bonds. The summed E-state index contributed by atoms with van der Waals surface area (Å²) in [5.74, 6) is -9.65. The van der Waals surface area contributed by atoms with Gasteiger partial charge in [-0.15, -0.1) is 0 Å². The highest BCUT2D eigenvalue weighted by molar-refractivity contribution is 5.93. The second-order valence-electron chi connectivity index (χ2n) is 32.6. The molecule has 45 heteroatoms. The Balaban J connectivity index is 1.30. The first-order valence-electron chi connectivity index (χ1n) is 42.7. The van der Waals surface area contributed by atoms with Gasteiger partial charge in [-0.2, -0.15) is 0 Å². The number of ether oxygens (including phenoxy) is 13. The molecule has 720 valence electrons. The van der Waals surface area contributed by atoms with Gasteiger partial charge in [0.25, 0.3) is 0 Å². The number of amides is 8. The zero-order valence-corrected chi connectivity index (χ0v) is 72.5. The third-order valence-corrected chi connectivity index (χ3v) is 22.8. The SMILES string of the molecule is COC[C@]1(C)CN(C(=O)CCNC(=O)CCC(=O)CC(CCC(=O)NC(CCC(=O)NCCOCCOC2O[C@H](CO)[C@H](O)[C@H](O)[C@H]2NC(C)=O)C(=O)CCCOCCOC2O[C@H](CO)[C@H](O)[C@H](O)[C@H]2NC(C)=O)C(=O)NC(CCC(=O)CCCOCCOC2O[C@H](CO)[C@H](O)[C@H](O)[C@H]2C)C(=O)NCCOCCOC2O[C@H](CO)[C@H](O)[C@H](O)[C@H]2C)C[C@]1(C)CO. The number of nitrogens with one attached hydrogen (secondary N) is 7. The van der Waals surface area contributed by atoms with Gasteiger partial charge in [-0.3, -0.25) is 52.7 Å². The lowest BCUT2D eigenvalue weighted by Crippen LogP contribution is -2.64. The molecule has 5 saturated heterocycles. The molecule has 0 saturated carbocycles. The van der Waals surface area contributed by atoms with E-state index in [0.717, 1.165) is 0 Å². The van der Waals surface area contributed by atoms with Gasteiger partial charge in [0.2, 0.25) is 47.3 Å². The maximum atomic E-state index is 14.8. The molecule has 5 heterocycles. The summed E-state index contributed by atoms with van der Waals surface area (Å²) in [6.07, 6.45) is -24.7. The Kier molecular flexibility index (Phi) is 49.8. The van der Waals surface area contributed by atoms with E-state index in [1.54, 1.807) is 18.7 Å². The van der Waals surface area contributed by atoms with Gasteiger partial charge in [-0.05, 0) is 32.1 Å². The fourth-order valence-corrected chi connectivity index (χ4v) is 14.9. The van der Waals surface area contributed by atoms with E-state index in [1.165, 1.54) is 21.0 Å². The first-order valence-corrected chi connectivity index (χ1v) is 42.7. The summed E-state index contributed by atoms with van der Waals surface area (Å²) in [7, 11) is 1.52. The van der Waals surface area contributed by atoms with Crippen molar-refractivity contribution in [3.63, 3.8) is 0 Å². The lowest BCUT2D eigenvalue weighted by molar-refractivity contribution is -0.284. The Bertz CT molecular complexity index is 3290. The van der Waals surface area contributed by atoms with Gasteiger partial charge in [-0.1, -0.05) is 27.7 Å². The number of rotatable bonds is 61. The molecule has 5 aliphatic heterocycles. The van der Waals surface area contributed by atoms with Crippen molar-refractivity contribution in [2.24, 2.45) is 28.6 Å². The van der Waals surface area contributed by atoms with Crippen LogP contribution in [0.4, 0.5) is 0 Å². The van der Waals surface area contributed by atoms with Crippen molar-refractivity contribution in [2.75, 3.05) is 159 Å². The number of Topliss-reactive ketones (excluding diaryl/α,β-unsaturated/α-hetero) is 3. The summed E-state index contributed by atoms with van der Waals surface area (Å²) in [5, 5.41) is 150. The number of likely N-dealkylation sites (tertiary alicyclic amines) is 1. The maximum absolute atomic E-state index is 14.8. The highest BCUT2D eigenvalue weighted by Gasteiger charge is 2.54. The maximum Gasteiger partial charge on any atom is 0.242 e. The third kappa shape index (κ3) is 35.8. The largest absolute Gasteiger partial charge is 0.396 e. The highest BCUT2D eigenvalue weighted by atomic mass is 16.7. The number of carbonyl (C=O) groups excluding carboxylic acids is 11. The number of nitrogens with zero attached hydrogens (tertiary/aromatic N) is 1. The fraction of sp³-hybridized carbons (Fsp3) is 0.863. The molecular weight excluding hydrogens is 1660 g/mol. The average molecular weight is 1800 g/mol. The smallest absolute Gasteiger partial charge is 0.242 e. The summed E-state index contributed by atoms with van der Waals surface area (Å²) in [6.45, 7) is 5.96. The van der Waals surface area contributed by atoms with Crippen molar-refractivity contribution in [1.29, 1.82) is 0 Å². The number of methoxy groups -OCH3 is 1. The van der Waals surface area contributed by atoms with Gasteiger partial charge in [0.05, 0.1) is 124 Å². The van der Waals surface area contributed by atoms with Gasteiger partial charge < -0.3 is 170 Å². The molecule has 0 aromatic heterocycles. The number of hydrogen-bond acceptors (Lipinski definition) is 37. The van der Waals surface area contributed by atoms with Crippen LogP contribution in [-0.4, -0.2) is 417 Å². The minimum absolute atomic E-state index is 0.0197. The van der Waals surface area contributed by atoms with Crippen molar-refractivity contribution in [3.05, 3.63) is 0 Å². The Morgan fingerprint density at radius 3 is 1.32 bits per heavy atom. The Hall–Kier alpha value is -6.27. The van der Waals surface area contributed by atoms with Crippen molar-refractivity contribution < 1.29 is 181 Å². The van der Waals surface area contributed by atoms with Crippen LogP contribution in [0.25, 0.3) is 0 Å². The summed E-state index contributed by atoms with van der Waals surface area (Å²) < 4.78 is 73.1. The standard InChI is InChI=1S/C80H138N8O37/c1-45-65(103)67(105)55(37-89)122-75(45)118-32-28-114-24-8-10-50(96)13-15-53(74(112)83-23-27-117-30-33-119-76-46(2)66(104)68(106)56(38-90)123-76)87-73(111)49(36-51(97)14-18-59(99)81-21-20-62(102)88-41-79(5,43-93)80(6,42-88)44-113-7)12-17-61(101)86-52(54(98)11-9-25-115-29-34-120-77-63(84-47(3)94)71(109)69(107)57(39-91)124-77)16-19-60(100)82-22-26-116-31-35-121-78-64(85-48(4)95)72(110)70(108)58(40-92)125-78/h45-46,49,52-53,55-58,63-72,75-78,89-93,103-110H,8-44H2,1-7H3,(H,81,99)(H,82,100)(H,83,112)(H,84,94)(H,85,95)(H,86,101)(H,87,111)/t45-,46-,49?,52?,53?,55-,56-,57-,58-,63-,64-,65-,66-,67+,68+,69+,70+,71-,72-,75?,76?,77?,78?,79-,80+/m1/s1. The molecular formula is C80H138N8O37. The molecule has 45 nitrogen and oxygen atoms in total. The molecule has 25 atom stereocenters. The lowest BCUT2D eigenvalue weighted by atomic mass is 9.69. The number of ketones is 3. The molecule has 20 N–H and O–H groups in total. The van der Waals surface area contributed by atoms with Gasteiger partial charge in [0.1, 0.15) is 90.7 Å². The van der Waals surface area contributed by atoms with E-state index >= 15 is 0 Å². The summed E-state index contributed by atoms with van der Waals surface area (Å²) in [4.78, 5) is 151. The van der Waals surface area contributed by atoms with Crippen molar-refractivity contribution in [1.82, 2.24) is 42.1 Å². The molecule has 5 fully saturated rings. The van der Waals surface area contributed by atoms with E-state index in [4.69, 9.17) is 61.6 Å². The highest BCUT2D eigenvalue weighted by Crippen LogP contribution is 2.46. The zero-order chi connectivity index (χ0) is 92.5. The second kappa shape index (κ2) is 57.0. The van der Waals surface area contributed by atoms with Crippen LogP contribution in [0.1, 0.15) is 131 Å². The molecule has 0 aromatic carbocycles. The third-order valence-electron chi connectivity index (χ3n) is 22.8. The van der Waals surface area contributed by atoms with E-state index in [-0.39, 0.29) is 195 Å². The number of aliphatic hydroxyl groups is 13. The van der Waals surface area contributed by atoms with E-state index in [1.807, 2.05) is 13.8 Å². The van der Waals surface area contributed by atoms with Gasteiger partial charge in [0.15, 0.2) is 30.9 Å². The number of carbonyl (C=O) groups is 11. The van der Waals surface area contributed by atoms with Crippen LogP contribution in [0.3, 0.4) is 0 Å². The van der Waals surface area contributed by atoms with Crippen LogP contribution in [0.5, 0.6) is 0 Å². The van der Waals surface area contributed by atoms with Crippen molar-refractivity contribution >= 4 is 64.6 Å². The minimum atomic E-state index is -1.58. The predicted octanol–water partition coefficient (Wildman–Crippen LogP) is -8.25. The molecule has 0 aliphatic carbocycles. The summed E-state index contributed by atoms with van der Waals surface area (Å²) in [5.41, 5.74) is -1.25. The van der Waals surface area contributed by atoms with E-state index in [2.05, 4.69) is 37.2 Å². The van der Waals surface area contributed by atoms with Crippen LogP contribution in [-0.2, 0) is 114 Å². The van der Waals surface area contributed by atoms with Gasteiger partial charge in [0, 0.05) is 153 Å². The first-order chi connectivity index (χ1) is 59.5. The minimum Gasteiger partial charge on any atom is -0.396 e. The Labute approximate surface area is 726 Å². The molecule has 0 aromatic rings. The number of aliphatic hydroxyl groups excluding tert-OH is 13. The average Bonchev–Trinajstić information content (AvgIpc) is 1.62. The van der Waals surface area contributed by atoms with Crippen LogP contribution in [0.15, 0.2) is 0 Å². The molecule has 0 spiro atoms. The van der Waals surface area contributed by atoms with Crippen LogP contribution in [0, 0.1) is 28.6 Å². The zero-order valence-electron chi connectivity index (χ0n) is 72.5. The normalized spacial score (nSPS) is 30.0. The molecule has 0 bridgehead atoms. The summed E-state index contributed by atoms with van der Waals surface area (Å²) >= 11 is 0. The Morgan fingerprint density at radius 2 is 0.840 bits per heavy atom. The Morgan fingerprint density at radius 1 is 0.416 bits per heavy atom. The lowest BCUT2D eigenvalue weighted by Gasteiger charge is -2.42. The van der Waals surface area contributed by atoms with E-state index in [9.17, 15) is 119 Å². The number of hydrogen-bond donors (Lipinski definition) is 20. The molecule has 7 unspecified atom stereocenters. The van der Waals surface area contributed by atoms with Gasteiger partial charge in [-0.25, -0.2) is 0 Å². The second-order valence-corrected chi connectivity index (χ2v) is 32.6. The fourth-order valence-electron chi connectivity index (χ4n) is 14.9. The van der Waals surface area contributed by atoms with E-state index < -0.39 is 263 Å². The summed E-state index contributed by atoms with van der Waals surface area (Å²) in [6, 6.07) is -5.30. The molecule has 5 rings (SSSR count). The quantitative estimate of drug-likeness (QED) is 0.0252. The molecule has 125 heavy (non-hydrogen) atoms. The van der Waals surface area contributed by atoms with Crippen LogP contribution in [0.2, 0.25) is 0 Å². The van der Waals surface area contributed by atoms with Crippen LogP contribution < -0.4 is 37.2 Å². The first kappa shape index (κ1) is 109. The van der Waals surface area contributed by atoms with Crippen molar-refractivity contribution in [3.8, 4) is 0 Å². The molecule has 0 radical (unpaired) electrons. The van der Waals surface area contributed by atoms with Gasteiger partial charge >= 0.3 is 0 Å². The van der Waals surface area contributed by atoms with Crippen molar-refractivity contribution in [2.45, 2.75) is 254 Å².